The Morgan fingerprint density at radius 3 is 1.71 bits per heavy atom. The highest BCUT2D eigenvalue weighted by Crippen LogP contribution is 2.42. The molecule has 0 saturated heterocycles. The van der Waals surface area contributed by atoms with E-state index >= 15 is 0 Å². The van der Waals surface area contributed by atoms with Gasteiger partial charge in [0.05, 0.1) is 39.3 Å². The number of aromatic nitrogens is 5. The van der Waals surface area contributed by atoms with E-state index in [1.54, 1.807) is 0 Å². The summed E-state index contributed by atoms with van der Waals surface area (Å²) in [6.07, 6.45) is 3.79. The topological polar surface area (TPSA) is 40.6 Å². The number of para-hydroxylation sites is 4. The number of benzene rings is 5. The third-order valence-corrected chi connectivity index (χ3v) is 9.14. The summed E-state index contributed by atoms with van der Waals surface area (Å²) < 4.78 is 6.95. The summed E-state index contributed by atoms with van der Waals surface area (Å²) in [5.41, 5.74) is 7.95. The molecule has 0 aliphatic heterocycles. The van der Waals surface area contributed by atoms with Gasteiger partial charge in [0, 0.05) is 44.2 Å². The third-order valence-electron chi connectivity index (χ3n) is 9.14. The van der Waals surface area contributed by atoms with Crippen LogP contribution < -0.4 is 0 Å². The van der Waals surface area contributed by atoms with Gasteiger partial charge in [-0.05, 0) is 54.6 Å². The van der Waals surface area contributed by atoms with Crippen molar-refractivity contribution in [3.8, 4) is 17.3 Å². The van der Waals surface area contributed by atoms with Crippen LogP contribution in [-0.2, 0) is 0 Å². The fourth-order valence-corrected chi connectivity index (χ4v) is 7.33. The zero-order valence-corrected chi connectivity index (χ0v) is 24.2. The van der Waals surface area contributed by atoms with Crippen molar-refractivity contribution in [2.24, 2.45) is 0 Å². The molecular formula is C40H25N5. The van der Waals surface area contributed by atoms with Crippen molar-refractivity contribution in [3.63, 3.8) is 0 Å². The van der Waals surface area contributed by atoms with Gasteiger partial charge in [0.2, 0.25) is 0 Å². The van der Waals surface area contributed by atoms with Gasteiger partial charge < -0.3 is 4.57 Å². The molecule has 45 heavy (non-hydrogen) atoms. The maximum Gasteiger partial charge on any atom is 0.140 e. The molecule has 5 aromatic carbocycles. The van der Waals surface area contributed by atoms with Crippen LogP contribution in [-0.4, -0.2) is 23.7 Å². The van der Waals surface area contributed by atoms with Crippen molar-refractivity contribution in [2.45, 2.75) is 0 Å². The van der Waals surface area contributed by atoms with Gasteiger partial charge in [0.1, 0.15) is 11.6 Å². The second-order valence-corrected chi connectivity index (χ2v) is 11.5. The smallest absolute Gasteiger partial charge is 0.140 e. The van der Waals surface area contributed by atoms with E-state index in [9.17, 15) is 0 Å². The first-order valence-electron chi connectivity index (χ1n) is 15.2. The van der Waals surface area contributed by atoms with Crippen LogP contribution in [0.1, 0.15) is 0 Å². The van der Waals surface area contributed by atoms with Crippen LogP contribution in [0.2, 0.25) is 0 Å². The number of hydrogen-bond donors (Lipinski definition) is 0. The minimum atomic E-state index is 0.858. The molecule has 5 heterocycles. The molecule has 5 aromatic heterocycles. The lowest BCUT2D eigenvalue weighted by molar-refractivity contribution is 1.01. The monoisotopic (exact) mass is 575 g/mol. The molecule has 0 N–H and O–H groups in total. The molecule has 0 aliphatic carbocycles. The van der Waals surface area contributed by atoms with Crippen molar-refractivity contribution in [1.82, 2.24) is 23.7 Å². The SMILES string of the molecule is c1ccc(-n2c3ccccc3c3ccc4c(c5ccccc5n4-c4cccc(-n5c6ccccc6c6ccncc65)n4)c32)cc1. The van der Waals surface area contributed by atoms with Crippen molar-refractivity contribution in [2.75, 3.05) is 0 Å². The summed E-state index contributed by atoms with van der Waals surface area (Å²) in [5, 5.41) is 7.26. The average Bonchev–Trinajstić information content (AvgIpc) is 3.74. The Morgan fingerprint density at radius 1 is 0.378 bits per heavy atom. The Morgan fingerprint density at radius 2 is 0.956 bits per heavy atom. The highest BCUT2D eigenvalue weighted by molar-refractivity contribution is 6.26. The minimum absolute atomic E-state index is 0.858. The second-order valence-electron chi connectivity index (χ2n) is 11.5. The van der Waals surface area contributed by atoms with Gasteiger partial charge in [0.25, 0.3) is 0 Å². The molecule has 0 saturated carbocycles. The van der Waals surface area contributed by atoms with Crippen LogP contribution in [0.5, 0.6) is 0 Å². The number of nitrogens with zero attached hydrogens (tertiary/aromatic N) is 5. The van der Waals surface area contributed by atoms with E-state index < -0.39 is 0 Å². The maximum atomic E-state index is 5.35. The van der Waals surface area contributed by atoms with Crippen molar-refractivity contribution in [3.05, 3.63) is 152 Å². The van der Waals surface area contributed by atoms with Gasteiger partial charge >= 0.3 is 0 Å². The van der Waals surface area contributed by atoms with E-state index in [2.05, 4.69) is 158 Å². The van der Waals surface area contributed by atoms with Gasteiger partial charge in [-0.15, -0.1) is 0 Å². The molecule has 5 heteroatoms. The fraction of sp³-hybridized carbons (Fsp3) is 0. The van der Waals surface area contributed by atoms with Crippen LogP contribution in [0, 0.1) is 0 Å². The van der Waals surface area contributed by atoms with Gasteiger partial charge in [0.15, 0.2) is 0 Å². The van der Waals surface area contributed by atoms with Crippen LogP contribution in [0.3, 0.4) is 0 Å². The Balaban J connectivity index is 1.32. The van der Waals surface area contributed by atoms with E-state index in [4.69, 9.17) is 4.98 Å². The largest absolute Gasteiger partial charge is 0.309 e. The molecule has 0 amide bonds. The molecule has 0 radical (unpaired) electrons. The zero-order chi connectivity index (χ0) is 29.5. The number of pyridine rings is 2. The normalized spacial score (nSPS) is 12.0. The Kier molecular flexibility index (Phi) is 4.93. The molecule has 10 rings (SSSR count). The van der Waals surface area contributed by atoms with Crippen LogP contribution in [0.15, 0.2) is 152 Å². The number of hydrogen-bond acceptors (Lipinski definition) is 2. The fourth-order valence-electron chi connectivity index (χ4n) is 7.33. The molecule has 0 unspecified atom stereocenters. The first kappa shape index (κ1) is 24.3. The molecule has 5 nitrogen and oxygen atoms in total. The Hall–Kier alpha value is -6.20. The molecule has 0 atom stereocenters. The summed E-state index contributed by atoms with van der Waals surface area (Å²) >= 11 is 0. The molecule has 210 valence electrons. The predicted octanol–water partition coefficient (Wildman–Crippen LogP) is 9.77. The molecular weight excluding hydrogens is 550 g/mol. The maximum absolute atomic E-state index is 5.35. The number of fused-ring (bicyclic) bond motifs is 10. The van der Waals surface area contributed by atoms with E-state index in [1.165, 1.54) is 43.4 Å². The summed E-state index contributed by atoms with van der Waals surface area (Å²) in [6.45, 7) is 0. The Labute approximate surface area is 257 Å². The first-order valence-corrected chi connectivity index (χ1v) is 15.2. The van der Waals surface area contributed by atoms with E-state index in [1.807, 2.05) is 12.4 Å². The molecule has 0 spiro atoms. The lowest BCUT2D eigenvalue weighted by Crippen LogP contribution is -2.03. The lowest BCUT2D eigenvalue weighted by Gasteiger charge is -2.12. The third kappa shape index (κ3) is 3.32. The number of rotatable bonds is 3. The highest BCUT2D eigenvalue weighted by atomic mass is 15.1. The van der Waals surface area contributed by atoms with Gasteiger partial charge in [-0.2, -0.15) is 0 Å². The van der Waals surface area contributed by atoms with Gasteiger partial charge in [-0.3, -0.25) is 14.1 Å². The van der Waals surface area contributed by atoms with Crippen molar-refractivity contribution >= 4 is 65.4 Å². The van der Waals surface area contributed by atoms with Crippen molar-refractivity contribution in [1.29, 1.82) is 0 Å². The van der Waals surface area contributed by atoms with E-state index in [0.29, 0.717) is 0 Å². The first-order chi connectivity index (χ1) is 22.4. The van der Waals surface area contributed by atoms with Crippen LogP contribution in [0.25, 0.3) is 82.7 Å². The zero-order valence-electron chi connectivity index (χ0n) is 24.2. The van der Waals surface area contributed by atoms with Crippen LogP contribution in [0.4, 0.5) is 0 Å². The molecule has 0 fully saturated rings. The quantitative estimate of drug-likeness (QED) is 0.210. The van der Waals surface area contributed by atoms with Gasteiger partial charge in [-0.25, -0.2) is 4.98 Å². The summed E-state index contributed by atoms with van der Waals surface area (Å²) in [5.74, 6) is 1.73. The lowest BCUT2D eigenvalue weighted by atomic mass is 10.1. The predicted molar refractivity (Wildman–Crippen MR) is 185 cm³/mol. The van der Waals surface area contributed by atoms with E-state index in [0.717, 1.165) is 39.4 Å². The summed E-state index contributed by atoms with van der Waals surface area (Å²) in [6, 6.07) is 49.5. The summed E-state index contributed by atoms with van der Waals surface area (Å²) in [4.78, 5) is 9.83. The standard InChI is InChI=1S/C40H25N5/c1-2-11-26(12-3-1)43-32-16-7-5-14-28(32)30-21-22-35-39(40(30)43)31-15-6-9-18-34(31)44(35)37-19-10-20-38(42-37)45-33-17-8-4-13-27(33)29-23-24-41-25-36(29)45/h1-25H. The Bertz CT molecular complexity index is 2710. The second kappa shape index (κ2) is 9.15. The minimum Gasteiger partial charge on any atom is -0.309 e. The molecule has 10 aromatic rings. The van der Waals surface area contributed by atoms with Crippen LogP contribution >= 0.6 is 0 Å². The van der Waals surface area contributed by atoms with Gasteiger partial charge in [-0.1, -0.05) is 84.9 Å². The summed E-state index contributed by atoms with van der Waals surface area (Å²) in [7, 11) is 0. The highest BCUT2D eigenvalue weighted by Gasteiger charge is 2.21. The molecule has 0 bridgehead atoms. The average molecular weight is 576 g/mol. The van der Waals surface area contributed by atoms with E-state index in [-0.39, 0.29) is 0 Å². The molecule has 0 aliphatic rings. The van der Waals surface area contributed by atoms with Crippen molar-refractivity contribution < 1.29 is 0 Å².